The Balaban J connectivity index is 0.000000205. The highest BCUT2D eigenvalue weighted by Gasteiger charge is 2.23. The van der Waals surface area contributed by atoms with Crippen LogP contribution in [0.2, 0.25) is 0 Å². The number of hydrogen-bond acceptors (Lipinski definition) is 3. The molecule has 188 valence electrons. The number of halogens is 1. The maximum Gasteiger partial charge on any atom is 0.405 e. The number of benzene rings is 2. The number of rotatable bonds is 8. The molecule has 2 aliphatic rings. The Labute approximate surface area is 205 Å². The van der Waals surface area contributed by atoms with Gasteiger partial charge in [0, 0.05) is 12.5 Å². The van der Waals surface area contributed by atoms with Crippen LogP contribution in [-0.4, -0.2) is 29.1 Å². The number of aryl methyl sites for hydroxylation is 1. The van der Waals surface area contributed by atoms with Crippen LogP contribution in [0, 0.1) is 5.82 Å². The molecule has 5 N–H and O–H groups in total. The normalized spacial score (nSPS) is 16.4. The zero-order chi connectivity index (χ0) is 25.2. The molecule has 4 rings (SSSR count). The van der Waals surface area contributed by atoms with E-state index in [-0.39, 0.29) is 5.91 Å². The van der Waals surface area contributed by atoms with Crippen LogP contribution in [0.1, 0.15) is 80.0 Å². The first-order valence-corrected chi connectivity index (χ1v) is 12.2. The van der Waals surface area contributed by atoms with E-state index in [9.17, 15) is 18.8 Å². The standard InChI is InChI=1S/C18H25NO.C9H9FN2O3/c20-18(19-17-11-12-17)13-8-14-6-9-16(10-7-14)15-4-2-1-3-5-15;10-6-3-1-5(2-4-6)7(8(11)13)12-9(14)15/h6-7,9-10,15,17H,1-5,8,11-13H2,(H,19,20);1-4,7,12H,(H2,11,13)(H,14,15). The van der Waals surface area contributed by atoms with Crippen molar-refractivity contribution >= 4 is 17.9 Å². The average Bonchev–Trinajstić information content (AvgIpc) is 3.67. The molecule has 35 heavy (non-hydrogen) atoms. The van der Waals surface area contributed by atoms with Crippen LogP contribution in [0.3, 0.4) is 0 Å². The first kappa shape index (κ1) is 26.2. The van der Waals surface area contributed by atoms with Crippen molar-refractivity contribution in [3.63, 3.8) is 0 Å². The Morgan fingerprint density at radius 1 is 0.943 bits per heavy atom. The van der Waals surface area contributed by atoms with Crippen LogP contribution >= 0.6 is 0 Å². The Morgan fingerprint density at radius 2 is 1.57 bits per heavy atom. The van der Waals surface area contributed by atoms with Crippen molar-refractivity contribution in [3.8, 4) is 0 Å². The van der Waals surface area contributed by atoms with E-state index in [2.05, 4.69) is 29.6 Å². The maximum atomic E-state index is 12.6. The fourth-order valence-electron chi connectivity index (χ4n) is 4.28. The van der Waals surface area contributed by atoms with Crippen molar-refractivity contribution in [2.75, 3.05) is 0 Å². The maximum absolute atomic E-state index is 12.6. The Morgan fingerprint density at radius 3 is 2.11 bits per heavy atom. The van der Waals surface area contributed by atoms with Crippen LogP contribution in [0.25, 0.3) is 0 Å². The predicted molar refractivity (Wildman–Crippen MR) is 131 cm³/mol. The van der Waals surface area contributed by atoms with E-state index in [1.807, 2.05) is 5.32 Å². The monoisotopic (exact) mass is 483 g/mol. The lowest BCUT2D eigenvalue weighted by atomic mass is 9.84. The molecule has 8 heteroatoms. The van der Waals surface area contributed by atoms with E-state index in [1.54, 1.807) is 0 Å². The molecule has 7 nitrogen and oxygen atoms in total. The van der Waals surface area contributed by atoms with Gasteiger partial charge in [-0.2, -0.15) is 0 Å². The van der Waals surface area contributed by atoms with E-state index >= 15 is 0 Å². The van der Waals surface area contributed by atoms with E-state index < -0.39 is 23.9 Å². The second kappa shape index (κ2) is 12.9. The van der Waals surface area contributed by atoms with Crippen molar-refractivity contribution in [3.05, 3.63) is 71.0 Å². The summed E-state index contributed by atoms with van der Waals surface area (Å²) in [6, 6.07) is 13.1. The first-order chi connectivity index (χ1) is 16.8. The molecular weight excluding hydrogens is 449 g/mol. The zero-order valence-electron chi connectivity index (χ0n) is 19.8. The first-order valence-electron chi connectivity index (χ1n) is 12.2. The van der Waals surface area contributed by atoms with Gasteiger partial charge < -0.3 is 21.5 Å². The molecule has 3 amide bonds. The molecule has 2 aliphatic carbocycles. The van der Waals surface area contributed by atoms with E-state index in [4.69, 9.17) is 10.8 Å². The highest BCUT2D eigenvalue weighted by Crippen LogP contribution is 2.32. The molecule has 1 unspecified atom stereocenters. The van der Waals surface area contributed by atoms with Gasteiger partial charge in [-0.05, 0) is 66.8 Å². The minimum absolute atomic E-state index is 0.212. The molecule has 0 heterocycles. The van der Waals surface area contributed by atoms with Gasteiger partial charge in [-0.3, -0.25) is 9.59 Å². The van der Waals surface area contributed by atoms with Crippen LogP contribution in [0.15, 0.2) is 48.5 Å². The highest BCUT2D eigenvalue weighted by atomic mass is 19.1. The van der Waals surface area contributed by atoms with Gasteiger partial charge in [0.2, 0.25) is 11.8 Å². The number of amides is 3. The third-order valence-corrected chi connectivity index (χ3v) is 6.40. The van der Waals surface area contributed by atoms with Crippen molar-refractivity contribution in [2.45, 2.75) is 75.8 Å². The summed E-state index contributed by atoms with van der Waals surface area (Å²) in [5.74, 6) is -0.332. The molecule has 2 aromatic carbocycles. The lowest BCUT2D eigenvalue weighted by molar-refractivity contribution is -0.121. The number of primary amides is 1. The molecule has 2 aromatic rings. The Kier molecular flexibility index (Phi) is 9.64. The fourth-order valence-corrected chi connectivity index (χ4v) is 4.28. The topological polar surface area (TPSA) is 122 Å². The molecule has 0 radical (unpaired) electrons. The average molecular weight is 484 g/mol. The van der Waals surface area contributed by atoms with Crippen LogP contribution in [0.4, 0.5) is 9.18 Å². The molecule has 0 bridgehead atoms. The minimum atomic E-state index is -1.37. The number of carbonyl (C=O) groups excluding carboxylic acids is 2. The molecule has 0 aliphatic heterocycles. The second-order valence-corrected chi connectivity index (χ2v) is 9.25. The van der Waals surface area contributed by atoms with Gasteiger partial charge in [-0.25, -0.2) is 9.18 Å². The summed E-state index contributed by atoms with van der Waals surface area (Å²) >= 11 is 0. The largest absolute Gasteiger partial charge is 0.465 e. The lowest BCUT2D eigenvalue weighted by Gasteiger charge is -2.22. The SMILES string of the molecule is NC(=O)C(NC(=O)O)c1ccc(F)cc1.O=C(CCc1ccc(C2CCCCC2)cc1)NC1CC1. The van der Waals surface area contributed by atoms with E-state index in [0.29, 0.717) is 18.0 Å². The van der Waals surface area contributed by atoms with Crippen molar-refractivity contribution in [1.82, 2.24) is 10.6 Å². The van der Waals surface area contributed by atoms with Gasteiger partial charge >= 0.3 is 6.09 Å². The lowest BCUT2D eigenvalue weighted by Crippen LogP contribution is -2.36. The molecule has 0 saturated heterocycles. The number of nitrogens with two attached hydrogens (primary N) is 1. The number of hydrogen-bond donors (Lipinski definition) is 4. The van der Waals surface area contributed by atoms with Crippen molar-refractivity contribution in [2.24, 2.45) is 5.73 Å². The molecular formula is C27H34FN3O4. The van der Waals surface area contributed by atoms with Gasteiger partial charge in [-0.15, -0.1) is 0 Å². The molecule has 2 fully saturated rings. The fraction of sp³-hybridized carbons (Fsp3) is 0.444. The van der Waals surface area contributed by atoms with Crippen molar-refractivity contribution in [1.29, 1.82) is 0 Å². The summed E-state index contributed by atoms with van der Waals surface area (Å²) in [4.78, 5) is 33.0. The third kappa shape index (κ3) is 9.03. The van der Waals surface area contributed by atoms with E-state index in [0.717, 1.165) is 24.5 Å². The highest BCUT2D eigenvalue weighted by molar-refractivity contribution is 5.85. The van der Waals surface area contributed by atoms with Crippen LogP contribution < -0.4 is 16.4 Å². The summed E-state index contributed by atoms with van der Waals surface area (Å²) in [5, 5.41) is 13.4. The summed E-state index contributed by atoms with van der Waals surface area (Å²) in [7, 11) is 0. The second-order valence-electron chi connectivity index (χ2n) is 9.25. The molecule has 0 aromatic heterocycles. The number of carbonyl (C=O) groups is 3. The quantitative estimate of drug-likeness (QED) is 0.439. The van der Waals surface area contributed by atoms with Crippen LogP contribution in [0.5, 0.6) is 0 Å². The summed E-state index contributed by atoms with van der Waals surface area (Å²) in [5.41, 5.74) is 8.08. The van der Waals surface area contributed by atoms with Crippen molar-refractivity contribution < 1.29 is 23.9 Å². The minimum Gasteiger partial charge on any atom is -0.465 e. The summed E-state index contributed by atoms with van der Waals surface area (Å²) < 4.78 is 12.6. The predicted octanol–water partition coefficient (Wildman–Crippen LogP) is 4.57. The van der Waals surface area contributed by atoms with Gasteiger partial charge in [0.1, 0.15) is 11.9 Å². The van der Waals surface area contributed by atoms with Gasteiger partial charge in [0.25, 0.3) is 0 Å². The van der Waals surface area contributed by atoms with Crippen LogP contribution in [-0.2, 0) is 16.0 Å². The molecule has 1 atom stereocenters. The summed E-state index contributed by atoms with van der Waals surface area (Å²) in [6.45, 7) is 0. The van der Waals surface area contributed by atoms with Gasteiger partial charge in [0.05, 0.1) is 0 Å². The smallest absolute Gasteiger partial charge is 0.405 e. The van der Waals surface area contributed by atoms with E-state index in [1.165, 1.54) is 68.2 Å². The Bertz CT molecular complexity index is 984. The molecule has 0 spiro atoms. The number of nitrogens with one attached hydrogen (secondary N) is 2. The Hall–Kier alpha value is -3.42. The van der Waals surface area contributed by atoms with Gasteiger partial charge in [0.15, 0.2) is 0 Å². The number of carboxylic acid groups (broad SMARTS) is 1. The van der Waals surface area contributed by atoms with Gasteiger partial charge in [-0.1, -0.05) is 55.7 Å². The third-order valence-electron chi connectivity index (χ3n) is 6.40. The molecule has 2 saturated carbocycles. The zero-order valence-corrected chi connectivity index (χ0v) is 19.8. The summed E-state index contributed by atoms with van der Waals surface area (Å²) in [6.07, 6.45) is 9.33.